The van der Waals surface area contributed by atoms with Crippen LogP contribution in [0.3, 0.4) is 0 Å². The van der Waals surface area contributed by atoms with Gasteiger partial charge in [0, 0.05) is 18.4 Å². The van der Waals surface area contributed by atoms with E-state index < -0.39 is 0 Å². The van der Waals surface area contributed by atoms with E-state index in [9.17, 15) is 4.79 Å². The standard InChI is InChI=1S/C18H31ClN4O/c1-12(2)17(24)15(23(6)13(3)4)10-8-7-9-11-16-20-14(5)21-18(19)22-16/h12-13,15H,7-11H2,1-6H3. The normalized spacial score (nSPS) is 13.1. The Hall–Kier alpha value is -1.07. The highest BCUT2D eigenvalue weighted by Crippen LogP contribution is 2.17. The summed E-state index contributed by atoms with van der Waals surface area (Å²) in [7, 11) is 2.05. The van der Waals surface area contributed by atoms with Crippen molar-refractivity contribution in [2.45, 2.75) is 78.8 Å². The largest absolute Gasteiger partial charge is 0.298 e. The lowest BCUT2D eigenvalue weighted by atomic mass is 9.95. The van der Waals surface area contributed by atoms with Crippen LogP contribution in [0, 0.1) is 12.8 Å². The van der Waals surface area contributed by atoms with Crippen molar-refractivity contribution < 1.29 is 4.79 Å². The van der Waals surface area contributed by atoms with Crippen molar-refractivity contribution in [2.75, 3.05) is 7.05 Å². The zero-order valence-electron chi connectivity index (χ0n) is 15.8. The molecule has 0 amide bonds. The van der Waals surface area contributed by atoms with Gasteiger partial charge in [-0.25, -0.2) is 15.0 Å². The summed E-state index contributed by atoms with van der Waals surface area (Å²) in [6, 6.07) is 0.381. The van der Waals surface area contributed by atoms with Crippen LogP contribution in [0.5, 0.6) is 0 Å². The van der Waals surface area contributed by atoms with Gasteiger partial charge in [-0.2, -0.15) is 0 Å². The molecule has 0 saturated carbocycles. The molecule has 0 N–H and O–H groups in total. The van der Waals surface area contributed by atoms with Gasteiger partial charge in [0.1, 0.15) is 11.6 Å². The molecular formula is C18H31ClN4O. The van der Waals surface area contributed by atoms with Gasteiger partial charge in [-0.15, -0.1) is 0 Å². The summed E-state index contributed by atoms with van der Waals surface area (Å²) in [6.45, 7) is 10.1. The molecule has 0 saturated heterocycles. The smallest absolute Gasteiger partial charge is 0.225 e. The third kappa shape index (κ3) is 6.81. The fourth-order valence-electron chi connectivity index (χ4n) is 2.70. The number of carbonyl (C=O) groups excluding carboxylic acids is 1. The van der Waals surface area contributed by atoms with Crippen molar-refractivity contribution in [3.8, 4) is 0 Å². The second-order valence-electron chi connectivity index (χ2n) is 7.00. The molecule has 0 radical (unpaired) electrons. The molecule has 5 nitrogen and oxygen atoms in total. The van der Waals surface area contributed by atoms with E-state index in [1.807, 2.05) is 27.8 Å². The van der Waals surface area contributed by atoms with Crippen molar-refractivity contribution >= 4 is 17.4 Å². The van der Waals surface area contributed by atoms with Crippen molar-refractivity contribution in [1.29, 1.82) is 0 Å². The van der Waals surface area contributed by atoms with Crippen LogP contribution in [0.4, 0.5) is 0 Å². The van der Waals surface area contributed by atoms with Gasteiger partial charge in [-0.3, -0.25) is 9.69 Å². The average molecular weight is 355 g/mol. The molecule has 1 aromatic heterocycles. The number of hydrogen-bond acceptors (Lipinski definition) is 5. The number of Topliss-reactive ketones (excluding diaryl/α,β-unsaturated/α-hetero) is 1. The lowest BCUT2D eigenvalue weighted by Gasteiger charge is -2.31. The number of rotatable bonds is 10. The molecule has 6 heteroatoms. The van der Waals surface area contributed by atoms with Gasteiger partial charge in [-0.05, 0) is 52.3 Å². The van der Waals surface area contributed by atoms with Gasteiger partial charge in [0.25, 0.3) is 0 Å². The van der Waals surface area contributed by atoms with Crippen LogP contribution < -0.4 is 0 Å². The van der Waals surface area contributed by atoms with E-state index in [1.54, 1.807) is 0 Å². The number of ketones is 1. The molecule has 1 atom stereocenters. The zero-order valence-corrected chi connectivity index (χ0v) is 16.6. The quantitative estimate of drug-likeness (QED) is 0.597. The Morgan fingerprint density at radius 1 is 1.08 bits per heavy atom. The number of carbonyl (C=O) groups is 1. The fraction of sp³-hybridized carbons (Fsp3) is 0.778. The first kappa shape index (κ1) is 21.0. The Labute approximate surface area is 151 Å². The third-order valence-electron chi connectivity index (χ3n) is 4.35. The average Bonchev–Trinajstić information content (AvgIpc) is 2.48. The summed E-state index contributed by atoms with van der Waals surface area (Å²) in [4.78, 5) is 27.1. The molecule has 1 aromatic rings. The number of halogens is 1. The lowest BCUT2D eigenvalue weighted by molar-refractivity contribution is -0.127. The summed E-state index contributed by atoms with van der Waals surface area (Å²) in [6.07, 6.45) is 4.77. The van der Waals surface area contributed by atoms with E-state index in [1.165, 1.54) is 0 Å². The lowest BCUT2D eigenvalue weighted by Crippen LogP contribution is -2.44. The van der Waals surface area contributed by atoms with Gasteiger partial charge < -0.3 is 0 Å². The maximum Gasteiger partial charge on any atom is 0.225 e. The van der Waals surface area contributed by atoms with Gasteiger partial charge >= 0.3 is 0 Å². The monoisotopic (exact) mass is 354 g/mol. The van der Waals surface area contributed by atoms with Crippen molar-refractivity contribution in [3.05, 3.63) is 16.9 Å². The molecular weight excluding hydrogens is 324 g/mol. The minimum atomic E-state index is 0.0128. The summed E-state index contributed by atoms with van der Waals surface area (Å²) >= 11 is 5.86. The topological polar surface area (TPSA) is 59.0 Å². The Morgan fingerprint density at radius 2 is 1.75 bits per heavy atom. The number of aromatic nitrogens is 3. The van der Waals surface area contributed by atoms with Crippen molar-refractivity contribution in [3.63, 3.8) is 0 Å². The van der Waals surface area contributed by atoms with E-state index in [0.717, 1.165) is 37.9 Å². The SMILES string of the molecule is Cc1nc(Cl)nc(CCCCCC(C(=O)C(C)C)N(C)C(C)C)n1. The predicted molar refractivity (Wildman–Crippen MR) is 98.3 cm³/mol. The molecule has 24 heavy (non-hydrogen) atoms. The summed E-state index contributed by atoms with van der Waals surface area (Å²) in [5.41, 5.74) is 0. The second kappa shape index (κ2) is 10.0. The minimum absolute atomic E-state index is 0.0128. The van der Waals surface area contributed by atoms with E-state index in [4.69, 9.17) is 11.6 Å². The fourth-order valence-corrected chi connectivity index (χ4v) is 2.92. The first-order valence-electron chi connectivity index (χ1n) is 8.85. The van der Waals surface area contributed by atoms with Crippen molar-refractivity contribution in [1.82, 2.24) is 19.9 Å². The molecule has 1 rings (SSSR count). The van der Waals surface area contributed by atoms with E-state index in [-0.39, 0.29) is 17.2 Å². The Morgan fingerprint density at radius 3 is 2.29 bits per heavy atom. The highest BCUT2D eigenvalue weighted by Gasteiger charge is 2.26. The molecule has 136 valence electrons. The van der Waals surface area contributed by atoms with Crippen LogP contribution in [0.1, 0.15) is 65.0 Å². The van der Waals surface area contributed by atoms with Gasteiger partial charge in [0.15, 0.2) is 5.78 Å². The molecule has 1 unspecified atom stereocenters. The molecule has 0 aliphatic heterocycles. The highest BCUT2D eigenvalue weighted by molar-refractivity contribution is 6.28. The number of hydrogen-bond donors (Lipinski definition) is 0. The number of likely N-dealkylation sites (N-methyl/N-ethyl adjacent to an activating group) is 1. The molecule has 0 aliphatic rings. The van der Waals surface area contributed by atoms with Crippen LogP contribution in [-0.2, 0) is 11.2 Å². The summed E-state index contributed by atoms with van der Waals surface area (Å²) < 4.78 is 0. The van der Waals surface area contributed by atoms with Crippen LogP contribution in [0.15, 0.2) is 0 Å². The third-order valence-corrected chi connectivity index (χ3v) is 4.52. The summed E-state index contributed by atoms with van der Waals surface area (Å²) in [5.74, 6) is 1.82. The molecule has 1 heterocycles. The Bertz CT molecular complexity index is 514. The maximum atomic E-state index is 12.5. The first-order chi connectivity index (χ1) is 11.2. The Kier molecular flexibility index (Phi) is 8.78. The van der Waals surface area contributed by atoms with Crippen LogP contribution >= 0.6 is 11.6 Å². The maximum absolute atomic E-state index is 12.5. The number of nitrogens with zero attached hydrogens (tertiary/aromatic N) is 4. The van der Waals surface area contributed by atoms with Gasteiger partial charge in [0.2, 0.25) is 5.28 Å². The zero-order chi connectivity index (χ0) is 18.3. The highest BCUT2D eigenvalue weighted by atomic mass is 35.5. The predicted octanol–water partition coefficient (Wildman–Crippen LogP) is 3.87. The van der Waals surface area contributed by atoms with E-state index >= 15 is 0 Å². The number of aryl methyl sites for hydroxylation is 2. The second-order valence-corrected chi connectivity index (χ2v) is 7.34. The molecule has 0 aliphatic carbocycles. The Balaban J connectivity index is 2.46. The molecule has 0 fully saturated rings. The minimum Gasteiger partial charge on any atom is -0.298 e. The molecule has 0 aromatic carbocycles. The van der Waals surface area contributed by atoms with Crippen LogP contribution in [0.2, 0.25) is 5.28 Å². The van der Waals surface area contributed by atoms with Crippen LogP contribution in [-0.4, -0.2) is 44.8 Å². The van der Waals surface area contributed by atoms with E-state index in [2.05, 4.69) is 33.7 Å². The summed E-state index contributed by atoms with van der Waals surface area (Å²) in [5, 5.41) is 0.263. The van der Waals surface area contributed by atoms with E-state index in [0.29, 0.717) is 17.6 Å². The molecule has 0 spiro atoms. The molecule has 0 bridgehead atoms. The van der Waals surface area contributed by atoms with Gasteiger partial charge in [0.05, 0.1) is 6.04 Å². The van der Waals surface area contributed by atoms with Crippen molar-refractivity contribution in [2.24, 2.45) is 5.92 Å². The number of unbranched alkanes of at least 4 members (excludes halogenated alkanes) is 2. The van der Waals surface area contributed by atoms with Gasteiger partial charge in [-0.1, -0.05) is 26.7 Å². The first-order valence-corrected chi connectivity index (χ1v) is 9.22. The van der Waals surface area contributed by atoms with Crippen LogP contribution in [0.25, 0.3) is 0 Å².